The molecule has 2 aromatic rings. The number of halogens is 1. The number of aromatic nitrogens is 4. The number of rotatable bonds is 4. The van der Waals surface area contributed by atoms with Crippen LogP contribution >= 0.6 is 24.0 Å². The third-order valence-corrected chi connectivity index (χ3v) is 3.63. The Hall–Kier alpha value is -1.06. The Morgan fingerprint density at radius 2 is 2.30 bits per heavy atom. The molecule has 108 valence electrons. The molecule has 0 bridgehead atoms. The Kier molecular flexibility index (Phi) is 5.06. The van der Waals surface area contributed by atoms with Crippen molar-refractivity contribution in [2.45, 2.75) is 18.4 Å². The van der Waals surface area contributed by atoms with E-state index in [1.54, 1.807) is 6.20 Å². The zero-order valence-corrected chi connectivity index (χ0v) is 13.4. The zero-order valence-electron chi connectivity index (χ0n) is 11.1. The highest BCUT2D eigenvalue weighted by molar-refractivity contribution is 14.0. The van der Waals surface area contributed by atoms with Crippen molar-refractivity contribution in [3.05, 3.63) is 42.0 Å². The van der Waals surface area contributed by atoms with Crippen LogP contribution in [0.4, 0.5) is 0 Å². The van der Waals surface area contributed by atoms with Crippen LogP contribution in [0, 0.1) is 0 Å². The smallest absolute Gasteiger partial charge is 0.124 e. The number of hydrogen-bond acceptors (Lipinski definition) is 5. The first kappa shape index (κ1) is 15.3. The zero-order chi connectivity index (χ0) is 13.1. The van der Waals surface area contributed by atoms with Gasteiger partial charge in [0.2, 0.25) is 0 Å². The Bertz CT molecular complexity index is 521. The molecule has 0 amide bonds. The van der Waals surface area contributed by atoms with Gasteiger partial charge in [0.1, 0.15) is 11.3 Å². The molecule has 0 radical (unpaired) electrons. The summed E-state index contributed by atoms with van der Waals surface area (Å²) in [4.78, 5) is 6.55. The summed E-state index contributed by atoms with van der Waals surface area (Å²) >= 11 is 0. The summed E-state index contributed by atoms with van der Waals surface area (Å²) in [5, 5.41) is 20.9. The highest BCUT2D eigenvalue weighted by atomic mass is 127. The van der Waals surface area contributed by atoms with Crippen LogP contribution < -0.4 is 0 Å². The van der Waals surface area contributed by atoms with Crippen molar-refractivity contribution in [3.63, 3.8) is 0 Å². The predicted octanol–water partition coefficient (Wildman–Crippen LogP) is 0.954. The van der Waals surface area contributed by atoms with E-state index in [4.69, 9.17) is 0 Å². The maximum Gasteiger partial charge on any atom is 0.124 e. The number of likely N-dealkylation sites (tertiary alicyclic amines) is 1. The summed E-state index contributed by atoms with van der Waals surface area (Å²) in [5.41, 5.74) is 0.851. The van der Waals surface area contributed by atoms with Crippen molar-refractivity contribution in [1.82, 2.24) is 25.3 Å². The van der Waals surface area contributed by atoms with Crippen LogP contribution in [0.1, 0.15) is 17.8 Å². The summed E-state index contributed by atoms with van der Waals surface area (Å²) in [7, 11) is 0. The van der Waals surface area contributed by atoms with Crippen molar-refractivity contribution < 1.29 is 5.11 Å². The molecule has 7 heteroatoms. The van der Waals surface area contributed by atoms with E-state index in [9.17, 15) is 5.11 Å². The average Bonchev–Trinajstić information content (AvgIpc) is 3.08. The van der Waals surface area contributed by atoms with Crippen molar-refractivity contribution in [2.24, 2.45) is 0 Å². The van der Waals surface area contributed by atoms with Gasteiger partial charge in [-0.1, -0.05) is 6.07 Å². The van der Waals surface area contributed by atoms with Crippen LogP contribution in [0.15, 0.2) is 30.6 Å². The SMILES string of the molecule is I.OC1(c2cn[nH]n2)CCN(CCc2ccccn2)C1. The van der Waals surface area contributed by atoms with E-state index in [0.717, 1.165) is 25.2 Å². The summed E-state index contributed by atoms with van der Waals surface area (Å²) < 4.78 is 0. The summed E-state index contributed by atoms with van der Waals surface area (Å²) in [6.07, 6.45) is 5.00. The van der Waals surface area contributed by atoms with Gasteiger partial charge in [-0.25, -0.2) is 0 Å². The largest absolute Gasteiger partial charge is 0.382 e. The normalized spacial score (nSPS) is 22.6. The third kappa shape index (κ3) is 3.33. The molecule has 3 rings (SSSR count). The van der Waals surface area contributed by atoms with Crippen LogP contribution in [-0.2, 0) is 12.0 Å². The third-order valence-electron chi connectivity index (χ3n) is 3.63. The highest BCUT2D eigenvalue weighted by Crippen LogP contribution is 2.29. The van der Waals surface area contributed by atoms with E-state index in [1.165, 1.54) is 0 Å². The van der Waals surface area contributed by atoms with Gasteiger partial charge in [-0.15, -0.1) is 24.0 Å². The van der Waals surface area contributed by atoms with Crippen molar-refractivity contribution >= 4 is 24.0 Å². The summed E-state index contributed by atoms with van der Waals surface area (Å²) in [6.45, 7) is 2.37. The molecular formula is C13H18IN5O. The fourth-order valence-electron chi connectivity index (χ4n) is 2.52. The van der Waals surface area contributed by atoms with E-state index >= 15 is 0 Å². The van der Waals surface area contributed by atoms with Gasteiger partial charge in [0.25, 0.3) is 0 Å². The molecule has 0 saturated carbocycles. The molecule has 1 aliphatic heterocycles. The lowest BCUT2D eigenvalue weighted by Gasteiger charge is -2.20. The summed E-state index contributed by atoms with van der Waals surface area (Å²) in [6, 6.07) is 5.95. The van der Waals surface area contributed by atoms with E-state index in [0.29, 0.717) is 18.7 Å². The molecule has 0 aromatic carbocycles. The first-order valence-corrected chi connectivity index (χ1v) is 6.47. The minimum Gasteiger partial charge on any atom is -0.382 e. The van der Waals surface area contributed by atoms with Crippen LogP contribution in [-0.4, -0.2) is 50.0 Å². The minimum absolute atomic E-state index is 0. The number of β-amino-alcohol motifs (C(OH)–C–C–N with tert-alkyl or cyclic N) is 1. The fraction of sp³-hybridized carbons (Fsp3) is 0.462. The Labute approximate surface area is 134 Å². The van der Waals surface area contributed by atoms with Gasteiger partial charge in [0, 0.05) is 37.9 Å². The topological polar surface area (TPSA) is 77.9 Å². The first-order valence-electron chi connectivity index (χ1n) is 6.47. The Balaban J connectivity index is 0.00000147. The molecule has 2 N–H and O–H groups in total. The molecule has 0 aliphatic carbocycles. The lowest BCUT2D eigenvalue weighted by Crippen LogP contribution is -2.32. The molecule has 3 heterocycles. The molecule has 2 aromatic heterocycles. The number of H-pyrrole nitrogens is 1. The fourth-order valence-corrected chi connectivity index (χ4v) is 2.52. The van der Waals surface area contributed by atoms with Crippen molar-refractivity contribution in [3.8, 4) is 0 Å². The van der Waals surface area contributed by atoms with E-state index in [2.05, 4.69) is 25.3 Å². The minimum atomic E-state index is -0.864. The van der Waals surface area contributed by atoms with Gasteiger partial charge in [0.05, 0.1) is 6.20 Å². The van der Waals surface area contributed by atoms with Crippen LogP contribution in [0.25, 0.3) is 0 Å². The lowest BCUT2D eigenvalue weighted by molar-refractivity contribution is 0.0418. The Morgan fingerprint density at radius 3 is 3.00 bits per heavy atom. The molecule has 1 saturated heterocycles. The molecule has 1 aliphatic rings. The van der Waals surface area contributed by atoms with Gasteiger partial charge in [-0.3, -0.25) is 9.88 Å². The number of aromatic amines is 1. The second-order valence-electron chi connectivity index (χ2n) is 4.98. The maximum atomic E-state index is 10.5. The monoisotopic (exact) mass is 387 g/mol. The van der Waals surface area contributed by atoms with Crippen molar-refractivity contribution in [1.29, 1.82) is 0 Å². The number of pyridine rings is 1. The Morgan fingerprint density at radius 1 is 1.40 bits per heavy atom. The van der Waals surface area contributed by atoms with Crippen LogP contribution in [0.5, 0.6) is 0 Å². The average molecular weight is 387 g/mol. The van der Waals surface area contributed by atoms with Gasteiger partial charge in [0.15, 0.2) is 0 Å². The van der Waals surface area contributed by atoms with Gasteiger partial charge in [-0.2, -0.15) is 15.4 Å². The lowest BCUT2D eigenvalue weighted by atomic mass is 10.00. The standard InChI is InChI=1S/C13H17N5O.HI/c19-13(12-9-15-17-16-12)5-8-18(10-13)7-4-11-3-1-2-6-14-11;/h1-3,6,9,19H,4-5,7-8,10H2,(H,15,16,17);1H. The number of nitrogens with one attached hydrogen (secondary N) is 1. The molecule has 1 atom stereocenters. The number of hydrogen-bond donors (Lipinski definition) is 2. The predicted molar refractivity (Wildman–Crippen MR) is 84.7 cm³/mol. The van der Waals surface area contributed by atoms with E-state index in [-0.39, 0.29) is 24.0 Å². The molecule has 20 heavy (non-hydrogen) atoms. The van der Waals surface area contributed by atoms with E-state index in [1.807, 2.05) is 24.4 Å². The maximum absolute atomic E-state index is 10.5. The van der Waals surface area contributed by atoms with Gasteiger partial charge >= 0.3 is 0 Å². The first-order chi connectivity index (χ1) is 9.26. The summed E-state index contributed by atoms with van der Waals surface area (Å²) in [5.74, 6) is 0. The van der Waals surface area contributed by atoms with Crippen LogP contribution in [0.2, 0.25) is 0 Å². The molecule has 1 unspecified atom stereocenters. The highest BCUT2D eigenvalue weighted by Gasteiger charge is 2.39. The number of nitrogens with zero attached hydrogens (tertiary/aromatic N) is 4. The second-order valence-corrected chi connectivity index (χ2v) is 4.98. The second kappa shape index (κ2) is 6.59. The van der Waals surface area contributed by atoms with Crippen molar-refractivity contribution in [2.75, 3.05) is 19.6 Å². The van der Waals surface area contributed by atoms with Gasteiger partial charge < -0.3 is 5.11 Å². The molecular weight excluding hydrogens is 369 g/mol. The van der Waals surface area contributed by atoms with E-state index < -0.39 is 5.60 Å². The molecule has 1 fully saturated rings. The van der Waals surface area contributed by atoms with Gasteiger partial charge in [-0.05, 0) is 18.6 Å². The quantitative estimate of drug-likeness (QED) is 0.765. The molecule has 6 nitrogen and oxygen atoms in total. The number of aliphatic hydroxyl groups is 1. The van der Waals surface area contributed by atoms with Crippen LogP contribution in [0.3, 0.4) is 0 Å². The molecule has 0 spiro atoms.